The van der Waals surface area contributed by atoms with E-state index < -0.39 is 0 Å². The summed E-state index contributed by atoms with van der Waals surface area (Å²) < 4.78 is 0. The first-order valence-corrected chi connectivity index (χ1v) is 12.1. The Hall–Kier alpha value is -3.28. The second-order valence-corrected chi connectivity index (χ2v) is 8.69. The van der Waals surface area contributed by atoms with Crippen LogP contribution in [-0.4, -0.2) is 78.2 Å². The van der Waals surface area contributed by atoms with Crippen molar-refractivity contribution in [1.29, 1.82) is 0 Å². The van der Waals surface area contributed by atoms with Crippen molar-refractivity contribution in [1.82, 2.24) is 15.0 Å². The minimum absolute atomic E-state index is 0. The Labute approximate surface area is 270 Å². The van der Waals surface area contributed by atoms with Gasteiger partial charge in [0.1, 0.15) is 5.75 Å². The summed E-state index contributed by atoms with van der Waals surface area (Å²) in [4.78, 5) is 14.6. The van der Waals surface area contributed by atoms with E-state index in [-0.39, 0.29) is 63.9 Å². The van der Waals surface area contributed by atoms with E-state index in [1.807, 2.05) is 91.0 Å². The first-order valence-electron chi connectivity index (χ1n) is 12.1. The van der Waals surface area contributed by atoms with Crippen molar-refractivity contribution < 1.29 is 5.11 Å². The Bertz CT molecular complexity index is 1620. The van der Waals surface area contributed by atoms with Gasteiger partial charge >= 0.3 is 0 Å². The Balaban J connectivity index is 0.00000294. The number of hydrogen-bond acceptors (Lipinski definition) is 4. The number of benzene rings is 4. The molecule has 0 spiro atoms. The molecule has 0 saturated carbocycles. The number of para-hydroxylation sites is 1. The predicted molar refractivity (Wildman–Crippen MR) is 154 cm³/mol. The van der Waals surface area contributed by atoms with Crippen molar-refractivity contribution in [2.75, 3.05) is 0 Å². The predicted octanol–water partition coefficient (Wildman–Crippen LogP) is 7.53. The van der Waals surface area contributed by atoms with Gasteiger partial charge in [-0.3, -0.25) is 4.98 Å². The van der Waals surface area contributed by atoms with E-state index >= 15 is 0 Å². The summed E-state index contributed by atoms with van der Waals surface area (Å²) in [5.74, 6) is 0.849. The van der Waals surface area contributed by atoms with Gasteiger partial charge in [-0.1, -0.05) is 97.1 Å². The second-order valence-electron chi connectivity index (χ2n) is 8.69. The van der Waals surface area contributed by atoms with Gasteiger partial charge in [0.2, 0.25) is 0 Å². The Morgan fingerprint density at radius 3 is 1.66 bits per heavy atom. The fourth-order valence-corrected chi connectivity index (χ4v) is 4.44. The zero-order valence-electron chi connectivity index (χ0n) is 21.0. The molecule has 4 nitrogen and oxygen atoms in total. The molecule has 177 valence electrons. The third kappa shape index (κ3) is 5.59. The SMILES string of the molecule is Oc1ccccc1-c1ccc(-c2nc(-c3ccccc3)cc(-c3ccccc3)n2)cc1-c1ccccn1.[Rb]. The van der Waals surface area contributed by atoms with E-state index in [0.29, 0.717) is 5.82 Å². The zero-order valence-corrected chi connectivity index (χ0v) is 25.9. The minimum Gasteiger partial charge on any atom is -0.507 e. The van der Waals surface area contributed by atoms with Crippen LogP contribution < -0.4 is 0 Å². The topological polar surface area (TPSA) is 58.9 Å². The third-order valence-electron chi connectivity index (χ3n) is 6.28. The maximum absolute atomic E-state index is 10.6. The summed E-state index contributed by atoms with van der Waals surface area (Å²) in [7, 11) is 0. The minimum atomic E-state index is 0. The summed E-state index contributed by atoms with van der Waals surface area (Å²) in [5.41, 5.74) is 7.98. The first kappa shape index (κ1) is 26.3. The number of aromatic nitrogens is 3. The van der Waals surface area contributed by atoms with Crippen LogP contribution in [0.25, 0.3) is 56.3 Å². The molecule has 0 aliphatic heterocycles. The number of nitrogens with zero attached hydrogens (tertiary/aromatic N) is 3. The molecule has 0 aliphatic rings. The molecule has 0 unspecified atom stereocenters. The van der Waals surface area contributed by atoms with Crippen LogP contribution >= 0.6 is 0 Å². The van der Waals surface area contributed by atoms with Crippen LogP contribution in [0.3, 0.4) is 0 Å². The van der Waals surface area contributed by atoms with Gasteiger partial charge in [0.15, 0.2) is 5.82 Å². The van der Waals surface area contributed by atoms with Crippen LogP contribution in [0.2, 0.25) is 0 Å². The van der Waals surface area contributed by atoms with Crippen LogP contribution in [0.1, 0.15) is 0 Å². The monoisotopic (exact) mass is 562 g/mol. The van der Waals surface area contributed by atoms with Crippen molar-refractivity contribution in [3.63, 3.8) is 0 Å². The maximum Gasteiger partial charge on any atom is 0.160 e. The van der Waals surface area contributed by atoms with Crippen molar-refractivity contribution in [3.05, 3.63) is 134 Å². The van der Waals surface area contributed by atoms with Gasteiger partial charge in [-0.2, -0.15) is 0 Å². The van der Waals surface area contributed by atoms with E-state index in [9.17, 15) is 5.11 Å². The van der Waals surface area contributed by atoms with Crippen LogP contribution in [0, 0.1) is 0 Å². The molecule has 6 rings (SSSR count). The van der Waals surface area contributed by atoms with Gasteiger partial charge in [0.25, 0.3) is 0 Å². The van der Waals surface area contributed by atoms with Crippen LogP contribution in [0.5, 0.6) is 5.75 Å². The van der Waals surface area contributed by atoms with Gasteiger partial charge in [0.05, 0.1) is 17.1 Å². The van der Waals surface area contributed by atoms with Crippen molar-refractivity contribution in [2.45, 2.75) is 0 Å². The smallest absolute Gasteiger partial charge is 0.160 e. The third-order valence-corrected chi connectivity index (χ3v) is 6.28. The second kappa shape index (κ2) is 12.1. The molecule has 2 heterocycles. The summed E-state index contributed by atoms with van der Waals surface area (Å²) in [6, 6.07) is 41.6. The Kier molecular flexibility index (Phi) is 8.35. The molecular weight excluding hydrogens is 540 g/mol. The van der Waals surface area contributed by atoms with E-state index in [1.165, 1.54) is 0 Å². The molecule has 6 aromatic rings. The van der Waals surface area contributed by atoms with Gasteiger partial charge in [-0.05, 0) is 35.9 Å². The van der Waals surface area contributed by atoms with Crippen molar-refractivity contribution >= 4 is 58.2 Å². The molecule has 1 radical (unpaired) electrons. The van der Waals surface area contributed by atoms with Gasteiger partial charge < -0.3 is 5.11 Å². The number of hydrogen-bond donors (Lipinski definition) is 1. The van der Waals surface area contributed by atoms with E-state index in [2.05, 4.69) is 35.3 Å². The average Bonchev–Trinajstić information content (AvgIpc) is 2.98. The van der Waals surface area contributed by atoms with E-state index in [0.717, 1.165) is 50.5 Å². The van der Waals surface area contributed by atoms with Crippen LogP contribution in [0.15, 0.2) is 134 Å². The van der Waals surface area contributed by atoms with Gasteiger partial charge in [0, 0.05) is 92.2 Å². The molecule has 4 aromatic carbocycles. The molecule has 38 heavy (non-hydrogen) atoms. The molecule has 0 fully saturated rings. The molecule has 5 heteroatoms. The summed E-state index contributed by atoms with van der Waals surface area (Å²) in [5, 5.41) is 10.6. The summed E-state index contributed by atoms with van der Waals surface area (Å²) >= 11 is 0. The zero-order chi connectivity index (χ0) is 25.0. The molecule has 2 aromatic heterocycles. The summed E-state index contributed by atoms with van der Waals surface area (Å²) in [6.07, 6.45) is 1.77. The first-order chi connectivity index (χ1) is 18.3. The van der Waals surface area contributed by atoms with Crippen LogP contribution in [0.4, 0.5) is 0 Å². The molecule has 0 bridgehead atoms. The quantitative estimate of drug-likeness (QED) is 0.236. The van der Waals surface area contributed by atoms with Gasteiger partial charge in [-0.25, -0.2) is 9.97 Å². The standard InChI is InChI=1S/C33H23N3O.Rb/c37-32-17-8-7-15-27(32)26-19-18-25(21-28(26)29-16-9-10-20-34-29)33-35-30(23-11-3-1-4-12-23)22-31(36-33)24-13-5-2-6-14-24;/h1-22,37H;. The number of phenols is 1. The van der Waals surface area contributed by atoms with E-state index in [1.54, 1.807) is 12.3 Å². The normalized spacial score (nSPS) is 10.5. The Morgan fingerprint density at radius 2 is 1.05 bits per heavy atom. The molecule has 0 aliphatic carbocycles. The maximum atomic E-state index is 10.6. The Morgan fingerprint density at radius 1 is 0.447 bits per heavy atom. The number of pyridine rings is 1. The molecule has 0 amide bonds. The van der Waals surface area contributed by atoms with E-state index in [4.69, 9.17) is 9.97 Å². The molecule has 0 atom stereocenters. The van der Waals surface area contributed by atoms with Gasteiger partial charge in [-0.15, -0.1) is 0 Å². The fraction of sp³-hybridized carbons (Fsp3) is 0. The molecular formula is C33H23N3ORb. The van der Waals surface area contributed by atoms with Crippen LogP contribution in [-0.2, 0) is 0 Å². The molecule has 1 N–H and O–H groups in total. The van der Waals surface area contributed by atoms with Crippen molar-refractivity contribution in [3.8, 4) is 62.0 Å². The van der Waals surface area contributed by atoms with Crippen molar-refractivity contribution in [2.24, 2.45) is 0 Å². The largest absolute Gasteiger partial charge is 0.507 e. The fourth-order valence-electron chi connectivity index (χ4n) is 4.44. The summed E-state index contributed by atoms with van der Waals surface area (Å²) in [6.45, 7) is 0. The average molecular weight is 563 g/mol. The number of phenolic OH excluding ortho intramolecular Hbond substituents is 1. The number of aromatic hydroxyl groups is 1. The molecule has 0 saturated heterocycles. The number of rotatable bonds is 5.